The predicted molar refractivity (Wildman–Crippen MR) is 88.2 cm³/mol. The van der Waals surface area contributed by atoms with Gasteiger partial charge in [0, 0.05) is 43.7 Å². The van der Waals surface area contributed by atoms with E-state index >= 15 is 0 Å². The first-order chi connectivity index (χ1) is 10.7. The molecule has 0 radical (unpaired) electrons. The molecule has 0 amide bonds. The topological polar surface area (TPSA) is 26.7 Å². The number of nitrogens with zero attached hydrogens (tertiary/aromatic N) is 2. The van der Waals surface area contributed by atoms with Crippen LogP contribution < -0.4 is 0 Å². The largest absolute Gasteiger partial charge is 0.508 e. The summed E-state index contributed by atoms with van der Waals surface area (Å²) in [5, 5.41) is 10.5. The molecule has 0 spiro atoms. The number of hydrogen-bond donors (Lipinski definition) is 1. The lowest BCUT2D eigenvalue weighted by atomic mass is 9.80. The monoisotopic (exact) mass is 294 g/mol. The van der Waals surface area contributed by atoms with Gasteiger partial charge in [-0.25, -0.2) is 0 Å². The number of fused-ring (bicyclic) bond motifs is 3. The van der Waals surface area contributed by atoms with E-state index in [0.29, 0.717) is 11.8 Å². The van der Waals surface area contributed by atoms with Crippen LogP contribution in [0.1, 0.15) is 28.7 Å². The second-order valence-electron chi connectivity index (χ2n) is 6.52. The summed E-state index contributed by atoms with van der Waals surface area (Å²) in [7, 11) is 2.18. The lowest BCUT2D eigenvalue weighted by Gasteiger charge is -2.46. The Labute approximate surface area is 131 Å². The molecular formula is C19H22N2O. The van der Waals surface area contributed by atoms with Crippen molar-refractivity contribution in [1.29, 1.82) is 0 Å². The number of benzene rings is 2. The van der Waals surface area contributed by atoms with Gasteiger partial charge in [0.05, 0.1) is 0 Å². The quantitative estimate of drug-likeness (QED) is 0.876. The fourth-order valence-corrected chi connectivity index (χ4v) is 3.99. The van der Waals surface area contributed by atoms with E-state index in [1.54, 1.807) is 0 Å². The minimum absolute atomic E-state index is 0.261. The Balaban J connectivity index is 1.83. The van der Waals surface area contributed by atoms with E-state index in [1.807, 2.05) is 12.1 Å². The van der Waals surface area contributed by atoms with Crippen molar-refractivity contribution in [1.82, 2.24) is 9.80 Å². The molecule has 4 rings (SSSR count). The molecule has 2 aliphatic rings. The van der Waals surface area contributed by atoms with Crippen LogP contribution in [-0.4, -0.2) is 48.1 Å². The zero-order chi connectivity index (χ0) is 15.1. The van der Waals surface area contributed by atoms with Gasteiger partial charge < -0.3 is 10.0 Å². The molecule has 3 nitrogen and oxygen atoms in total. The van der Waals surface area contributed by atoms with Crippen LogP contribution in [0, 0.1) is 0 Å². The molecule has 2 aromatic rings. The van der Waals surface area contributed by atoms with Crippen molar-refractivity contribution in [2.24, 2.45) is 0 Å². The summed E-state index contributed by atoms with van der Waals surface area (Å²) in [4.78, 5) is 4.97. The summed E-state index contributed by atoms with van der Waals surface area (Å²) in [6.45, 7) is 4.25. The van der Waals surface area contributed by atoms with E-state index in [9.17, 15) is 5.11 Å². The van der Waals surface area contributed by atoms with Crippen LogP contribution in [-0.2, 0) is 0 Å². The van der Waals surface area contributed by atoms with Crippen molar-refractivity contribution in [2.45, 2.75) is 12.0 Å². The number of likely N-dealkylation sites (N-methyl/N-ethyl adjacent to an activating group) is 1. The number of piperazine rings is 1. The second-order valence-corrected chi connectivity index (χ2v) is 6.52. The highest BCUT2D eigenvalue weighted by atomic mass is 16.3. The Bertz CT molecular complexity index is 670. The molecule has 0 aromatic heterocycles. The lowest BCUT2D eigenvalue weighted by Crippen LogP contribution is -2.50. The zero-order valence-corrected chi connectivity index (χ0v) is 12.9. The summed E-state index contributed by atoms with van der Waals surface area (Å²) >= 11 is 0. The van der Waals surface area contributed by atoms with Gasteiger partial charge in [-0.05, 0) is 24.2 Å². The van der Waals surface area contributed by atoms with Crippen LogP contribution in [0.4, 0.5) is 0 Å². The summed E-state index contributed by atoms with van der Waals surface area (Å²) in [6, 6.07) is 17.0. The smallest absolute Gasteiger partial charge is 0.119 e. The minimum Gasteiger partial charge on any atom is -0.508 e. The van der Waals surface area contributed by atoms with Crippen LogP contribution >= 0.6 is 0 Å². The molecule has 0 aliphatic carbocycles. The van der Waals surface area contributed by atoms with Crippen molar-refractivity contribution in [3.8, 4) is 5.75 Å². The van der Waals surface area contributed by atoms with E-state index in [2.05, 4.69) is 53.2 Å². The van der Waals surface area contributed by atoms with Crippen molar-refractivity contribution < 1.29 is 5.11 Å². The van der Waals surface area contributed by atoms with Crippen LogP contribution in [0.3, 0.4) is 0 Å². The highest BCUT2D eigenvalue weighted by Crippen LogP contribution is 2.44. The summed E-state index contributed by atoms with van der Waals surface area (Å²) in [5.74, 6) is 0.705. The van der Waals surface area contributed by atoms with Gasteiger partial charge in [0.15, 0.2) is 0 Å². The third-order valence-corrected chi connectivity index (χ3v) is 5.14. The van der Waals surface area contributed by atoms with E-state index < -0.39 is 0 Å². The van der Waals surface area contributed by atoms with E-state index in [0.717, 1.165) is 31.7 Å². The highest BCUT2D eigenvalue weighted by Gasteiger charge is 2.37. The van der Waals surface area contributed by atoms with Gasteiger partial charge in [0.2, 0.25) is 0 Å². The van der Waals surface area contributed by atoms with Gasteiger partial charge in [-0.2, -0.15) is 0 Å². The van der Waals surface area contributed by atoms with Gasteiger partial charge >= 0.3 is 0 Å². The third kappa shape index (κ3) is 2.21. The first-order valence-corrected chi connectivity index (χ1v) is 8.03. The van der Waals surface area contributed by atoms with Crippen molar-refractivity contribution in [3.05, 3.63) is 65.2 Å². The Morgan fingerprint density at radius 2 is 1.77 bits per heavy atom. The van der Waals surface area contributed by atoms with Crippen molar-refractivity contribution in [3.63, 3.8) is 0 Å². The maximum Gasteiger partial charge on any atom is 0.119 e. The minimum atomic E-state index is 0.261. The average molecular weight is 294 g/mol. The lowest BCUT2D eigenvalue weighted by molar-refractivity contribution is 0.0766. The van der Waals surface area contributed by atoms with Gasteiger partial charge in [0.25, 0.3) is 0 Å². The van der Waals surface area contributed by atoms with Crippen molar-refractivity contribution in [2.75, 3.05) is 33.2 Å². The first kappa shape index (κ1) is 13.8. The Hall–Kier alpha value is -1.84. The van der Waals surface area contributed by atoms with Crippen LogP contribution in [0.5, 0.6) is 5.75 Å². The van der Waals surface area contributed by atoms with Crippen LogP contribution in [0.25, 0.3) is 0 Å². The summed E-state index contributed by atoms with van der Waals surface area (Å²) in [5.41, 5.74) is 3.72. The molecule has 2 atom stereocenters. The molecule has 1 saturated heterocycles. The molecule has 1 fully saturated rings. The maximum absolute atomic E-state index is 10.5. The van der Waals surface area contributed by atoms with E-state index in [4.69, 9.17) is 0 Å². The second kappa shape index (κ2) is 5.41. The fourth-order valence-electron chi connectivity index (χ4n) is 3.99. The molecule has 2 aromatic carbocycles. The number of phenolic OH excluding ortho intramolecular Hbond substituents is 1. The number of rotatable bonds is 1. The molecule has 114 valence electrons. The van der Waals surface area contributed by atoms with E-state index in [1.165, 1.54) is 11.1 Å². The van der Waals surface area contributed by atoms with Gasteiger partial charge in [-0.1, -0.05) is 42.5 Å². The fraction of sp³-hybridized carbons (Fsp3) is 0.368. The highest BCUT2D eigenvalue weighted by molar-refractivity contribution is 5.50. The normalized spacial score (nSPS) is 25.5. The molecule has 1 N–H and O–H groups in total. The van der Waals surface area contributed by atoms with E-state index in [-0.39, 0.29) is 5.92 Å². The molecule has 2 heterocycles. The number of phenols is 1. The van der Waals surface area contributed by atoms with Gasteiger partial charge in [-0.3, -0.25) is 4.90 Å². The predicted octanol–water partition coefficient (Wildman–Crippen LogP) is 2.83. The Morgan fingerprint density at radius 1 is 0.955 bits per heavy atom. The van der Waals surface area contributed by atoms with Gasteiger partial charge in [-0.15, -0.1) is 0 Å². The SMILES string of the molecule is CN1CCN2CC(c3ccccc3)c3c(O)cccc3C2C1. The Kier molecular flexibility index (Phi) is 3.40. The molecule has 2 aliphatic heterocycles. The Morgan fingerprint density at radius 3 is 2.59 bits per heavy atom. The average Bonchev–Trinajstić information content (AvgIpc) is 2.55. The molecule has 0 bridgehead atoms. The van der Waals surface area contributed by atoms with Crippen LogP contribution in [0.15, 0.2) is 48.5 Å². The number of hydrogen-bond acceptors (Lipinski definition) is 3. The third-order valence-electron chi connectivity index (χ3n) is 5.14. The molecule has 22 heavy (non-hydrogen) atoms. The van der Waals surface area contributed by atoms with Gasteiger partial charge in [0.1, 0.15) is 5.75 Å². The first-order valence-electron chi connectivity index (χ1n) is 8.03. The molecular weight excluding hydrogens is 272 g/mol. The summed E-state index contributed by atoms with van der Waals surface area (Å²) in [6.07, 6.45) is 0. The standard InChI is InChI=1S/C19H22N2O/c1-20-10-11-21-12-16(14-6-3-2-4-7-14)19-15(17(21)13-20)8-5-9-18(19)22/h2-9,16-17,22H,10-13H2,1H3. The van der Waals surface area contributed by atoms with Crippen LogP contribution in [0.2, 0.25) is 0 Å². The van der Waals surface area contributed by atoms with Crippen molar-refractivity contribution >= 4 is 0 Å². The molecule has 0 saturated carbocycles. The number of aromatic hydroxyl groups is 1. The zero-order valence-electron chi connectivity index (χ0n) is 12.9. The summed E-state index contributed by atoms with van der Waals surface area (Å²) < 4.78 is 0. The molecule has 2 unspecified atom stereocenters. The molecule has 3 heteroatoms. The maximum atomic E-state index is 10.5.